The fraction of sp³-hybridized carbons (Fsp3) is 0.333. The van der Waals surface area contributed by atoms with Gasteiger partial charge in [-0.15, -0.1) is 0 Å². The van der Waals surface area contributed by atoms with Crippen LogP contribution in [0.25, 0.3) is 12.2 Å². The van der Waals surface area contributed by atoms with Crippen molar-refractivity contribution in [2.45, 2.75) is 46.3 Å². The smallest absolute Gasteiger partial charge is 0.416 e. The quantitative estimate of drug-likeness (QED) is 0.722. The van der Waals surface area contributed by atoms with Crippen molar-refractivity contribution >= 4 is 24.1 Å². The van der Waals surface area contributed by atoms with Gasteiger partial charge >= 0.3 is 6.09 Å². The van der Waals surface area contributed by atoms with Gasteiger partial charge < -0.3 is 4.74 Å². The predicted molar refractivity (Wildman–Crippen MR) is 103 cm³/mol. The number of ether oxygens (including phenoxy) is 1. The molecule has 0 aliphatic carbocycles. The van der Waals surface area contributed by atoms with Crippen molar-refractivity contribution in [3.8, 4) is 0 Å². The van der Waals surface area contributed by atoms with E-state index in [2.05, 4.69) is 4.98 Å². The normalized spacial score (nSPS) is 11.8. The molecule has 0 N–H and O–H groups in total. The summed E-state index contributed by atoms with van der Waals surface area (Å²) in [7, 11) is 0. The molecule has 0 spiro atoms. The van der Waals surface area contributed by atoms with Crippen LogP contribution in [0, 0.1) is 5.82 Å². The lowest BCUT2D eigenvalue weighted by atomic mass is 10.1. The topological polar surface area (TPSA) is 42.4 Å². The van der Waals surface area contributed by atoms with Crippen molar-refractivity contribution < 1.29 is 13.9 Å². The van der Waals surface area contributed by atoms with Gasteiger partial charge in [-0.05, 0) is 70.0 Å². The average Bonchev–Trinajstić information content (AvgIpc) is 2.53. The van der Waals surface area contributed by atoms with Gasteiger partial charge in [0.25, 0.3) is 0 Å². The molecule has 2 aromatic rings. The standard InChI is InChI=1S/C21H25FN2O2/c1-15(2)24(20(25)26-21(3,4)5)19-14-17(12-13-23-19)7-6-16-8-10-18(22)11-9-16/h6-15H,1-5H3/b7-6-. The molecule has 0 radical (unpaired) electrons. The molecule has 26 heavy (non-hydrogen) atoms. The van der Waals surface area contributed by atoms with Crippen LogP contribution in [0.1, 0.15) is 45.7 Å². The van der Waals surface area contributed by atoms with Crippen molar-refractivity contribution in [1.82, 2.24) is 4.98 Å². The van der Waals surface area contributed by atoms with Gasteiger partial charge in [-0.2, -0.15) is 0 Å². The third-order valence-electron chi connectivity index (χ3n) is 3.46. The summed E-state index contributed by atoms with van der Waals surface area (Å²) in [6, 6.07) is 9.81. The van der Waals surface area contributed by atoms with Crippen molar-refractivity contribution in [1.29, 1.82) is 0 Å². The molecule has 0 aliphatic heterocycles. The number of hydrogen-bond donors (Lipinski definition) is 0. The Kier molecular flexibility index (Phi) is 6.14. The van der Waals surface area contributed by atoms with Gasteiger partial charge in [0.05, 0.1) is 0 Å². The van der Waals surface area contributed by atoms with Gasteiger partial charge in [0.1, 0.15) is 17.2 Å². The number of pyridine rings is 1. The van der Waals surface area contributed by atoms with Crippen LogP contribution >= 0.6 is 0 Å². The number of carbonyl (C=O) groups is 1. The molecule has 0 saturated heterocycles. The van der Waals surface area contributed by atoms with E-state index in [1.165, 1.54) is 17.0 Å². The zero-order valence-electron chi connectivity index (χ0n) is 15.9. The number of nitrogens with zero attached hydrogens (tertiary/aromatic N) is 2. The van der Waals surface area contributed by atoms with E-state index in [0.29, 0.717) is 5.82 Å². The van der Waals surface area contributed by atoms with Gasteiger partial charge in [-0.3, -0.25) is 4.90 Å². The fourth-order valence-electron chi connectivity index (χ4n) is 2.32. The summed E-state index contributed by atoms with van der Waals surface area (Å²) >= 11 is 0. The molecule has 0 saturated carbocycles. The molecule has 0 fully saturated rings. The average molecular weight is 356 g/mol. The molecule has 0 aliphatic rings. The number of carbonyl (C=O) groups excluding carboxylic acids is 1. The van der Waals surface area contributed by atoms with Crippen LogP contribution in [0.3, 0.4) is 0 Å². The number of benzene rings is 1. The van der Waals surface area contributed by atoms with E-state index in [-0.39, 0.29) is 11.9 Å². The number of anilines is 1. The highest BCUT2D eigenvalue weighted by Crippen LogP contribution is 2.21. The van der Waals surface area contributed by atoms with Crippen LogP contribution in [0.15, 0.2) is 42.6 Å². The minimum Gasteiger partial charge on any atom is -0.443 e. The van der Waals surface area contributed by atoms with E-state index in [0.717, 1.165) is 11.1 Å². The third-order valence-corrected chi connectivity index (χ3v) is 3.46. The van der Waals surface area contributed by atoms with Crippen molar-refractivity contribution in [2.24, 2.45) is 0 Å². The Labute approximate surface area is 154 Å². The molecule has 4 nitrogen and oxygen atoms in total. The molecule has 2 rings (SSSR count). The molecule has 0 bridgehead atoms. The Morgan fingerprint density at radius 3 is 2.31 bits per heavy atom. The monoisotopic (exact) mass is 356 g/mol. The molecular formula is C21H25FN2O2. The summed E-state index contributed by atoms with van der Waals surface area (Å²) in [5.74, 6) is 0.258. The second-order valence-electron chi connectivity index (χ2n) is 7.28. The van der Waals surface area contributed by atoms with Crippen LogP contribution in [-0.4, -0.2) is 22.7 Å². The van der Waals surface area contributed by atoms with Gasteiger partial charge in [-0.25, -0.2) is 14.2 Å². The second-order valence-corrected chi connectivity index (χ2v) is 7.28. The van der Waals surface area contributed by atoms with Crippen molar-refractivity contribution in [3.05, 3.63) is 59.5 Å². The van der Waals surface area contributed by atoms with Crippen LogP contribution in [0.5, 0.6) is 0 Å². The zero-order valence-corrected chi connectivity index (χ0v) is 15.9. The maximum absolute atomic E-state index is 13.0. The maximum Gasteiger partial charge on any atom is 0.416 e. The molecule has 0 atom stereocenters. The maximum atomic E-state index is 13.0. The number of hydrogen-bond acceptors (Lipinski definition) is 3. The van der Waals surface area contributed by atoms with Crippen molar-refractivity contribution in [3.63, 3.8) is 0 Å². The molecule has 1 aromatic carbocycles. The molecule has 138 valence electrons. The van der Waals surface area contributed by atoms with E-state index in [9.17, 15) is 9.18 Å². The molecular weight excluding hydrogens is 331 g/mol. The number of aromatic nitrogens is 1. The number of rotatable bonds is 4. The summed E-state index contributed by atoms with van der Waals surface area (Å²) in [6.45, 7) is 9.31. The highest BCUT2D eigenvalue weighted by atomic mass is 19.1. The summed E-state index contributed by atoms with van der Waals surface area (Å²) in [4.78, 5) is 18.4. The van der Waals surface area contributed by atoms with E-state index < -0.39 is 11.7 Å². The van der Waals surface area contributed by atoms with Crippen LogP contribution in [0.4, 0.5) is 15.0 Å². The zero-order chi connectivity index (χ0) is 19.3. The Bertz CT molecular complexity index is 777. The minimum absolute atomic E-state index is 0.103. The summed E-state index contributed by atoms with van der Waals surface area (Å²) in [5.41, 5.74) is 1.19. The van der Waals surface area contributed by atoms with Gasteiger partial charge in [-0.1, -0.05) is 24.3 Å². The van der Waals surface area contributed by atoms with Gasteiger partial charge in [0.2, 0.25) is 0 Å². The molecule has 1 amide bonds. The highest BCUT2D eigenvalue weighted by Gasteiger charge is 2.26. The van der Waals surface area contributed by atoms with Crippen LogP contribution in [0.2, 0.25) is 0 Å². The Balaban J connectivity index is 2.24. The SMILES string of the molecule is CC(C)N(C(=O)OC(C)(C)C)c1cc(/C=C\c2ccc(F)cc2)ccn1. The highest BCUT2D eigenvalue weighted by molar-refractivity contribution is 5.87. The summed E-state index contributed by atoms with van der Waals surface area (Å²) in [6.07, 6.45) is 5.00. The van der Waals surface area contributed by atoms with E-state index in [4.69, 9.17) is 4.74 Å². The number of halogens is 1. The first-order chi connectivity index (χ1) is 12.2. The summed E-state index contributed by atoms with van der Waals surface area (Å²) in [5, 5.41) is 0. The van der Waals surface area contributed by atoms with Gasteiger partial charge in [0.15, 0.2) is 0 Å². The Hall–Kier alpha value is -2.69. The molecule has 0 unspecified atom stereocenters. The first kappa shape index (κ1) is 19.6. The predicted octanol–water partition coefficient (Wildman–Crippen LogP) is 5.54. The first-order valence-electron chi connectivity index (χ1n) is 8.57. The Morgan fingerprint density at radius 1 is 1.12 bits per heavy atom. The third kappa shape index (κ3) is 5.69. The minimum atomic E-state index is -0.579. The second kappa shape index (κ2) is 8.13. The van der Waals surface area contributed by atoms with E-state index >= 15 is 0 Å². The lowest BCUT2D eigenvalue weighted by Crippen LogP contribution is -2.41. The van der Waals surface area contributed by atoms with E-state index in [1.54, 1.807) is 18.3 Å². The van der Waals surface area contributed by atoms with E-state index in [1.807, 2.05) is 58.9 Å². The largest absolute Gasteiger partial charge is 0.443 e. The first-order valence-corrected chi connectivity index (χ1v) is 8.57. The molecule has 5 heteroatoms. The Morgan fingerprint density at radius 2 is 1.73 bits per heavy atom. The molecule has 1 aromatic heterocycles. The van der Waals surface area contributed by atoms with Crippen LogP contribution in [-0.2, 0) is 4.74 Å². The van der Waals surface area contributed by atoms with Crippen LogP contribution < -0.4 is 4.90 Å². The summed E-state index contributed by atoms with van der Waals surface area (Å²) < 4.78 is 18.5. The lowest BCUT2D eigenvalue weighted by Gasteiger charge is -2.29. The molecule has 1 heterocycles. The lowest BCUT2D eigenvalue weighted by molar-refractivity contribution is 0.0569. The fourth-order valence-corrected chi connectivity index (χ4v) is 2.32. The van der Waals surface area contributed by atoms with Crippen molar-refractivity contribution in [2.75, 3.05) is 4.90 Å². The van der Waals surface area contributed by atoms with Gasteiger partial charge in [0, 0.05) is 12.2 Å². The number of amides is 1.